The number of aromatic amines is 1. The van der Waals surface area contributed by atoms with E-state index in [1.54, 1.807) is 30.9 Å². The summed E-state index contributed by atoms with van der Waals surface area (Å²) in [6, 6.07) is 5.02. The van der Waals surface area contributed by atoms with Gasteiger partial charge in [0.05, 0.1) is 35.0 Å². The third-order valence-electron chi connectivity index (χ3n) is 4.24. The molecule has 1 atom stereocenters. The van der Waals surface area contributed by atoms with Crippen LogP contribution in [-0.2, 0) is 7.05 Å². The summed E-state index contributed by atoms with van der Waals surface area (Å²) in [4.78, 5) is 32.2. The Morgan fingerprint density at radius 1 is 1.26 bits per heavy atom. The molecule has 136 valence electrons. The van der Waals surface area contributed by atoms with Crippen molar-refractivity contribution < 1.29 is 0 Å². The second kappa shape index (κ2) is 6.81. The molecule has 0 fully saturated rings. The molecule has 0 radical (unpaired) electrons. The molecule has 0 bridgehead atoms. The fourth-order valence-electron chi connectivity index (χ4n) is 2.85. The van der Waals surface area contributed by atoms with E-state index in [2.05, 4.69) is 30.2 Å². The molecule has 8 nitrogen and oxygen atoms in total. The highest BCUT2D eigenvalue weighted by Gasteiger charge is 2.14. The van der Waals surface area contributed by atoms with Crippen molar-refractivity contribution in [1.82, 2.24) is 29.5 Å². The standard InChI is InChI=1S/C18H16ClN7O/c1-10(13-6-11-5-12(19)7-22-16(11)25-17(13)27)23-18-21-4-3-14(24-18)15-8-20-9-26(15)2/h3-10H,1-2H3,(H,21,23,24)(H,22,25,27)/t10-/m0/s1. The van der Waals surface area contributed by atoms with E-state index >= 15 is 0 Å². The number of hydrogen-bond acceptors (Lipinski definition) is 6. The fourth-order valence-corrected chi connectivity index (χ4v) is 3.02. The van der Waals surface area contributed by atoms with Crippen LogP contribution in [0.5, 0.6) is 0 Å². The molecule has 4 aromatic rings. The van der Waals surface area contributed by atoms with Crippen molar-refractivity contribution in [2.24, 2.45) is 7.05 Å². The molecule has 27 heavy (non-hydrogen) atoms. The first-order valence-corrected chi connectivity index (χ1v) is 8.64. The third-order valence-corrected chi connectivity index (χ3v) is 4.44. The quantitative estimate of drug-likeness (QED) is 0.563. The first-order valence-electron chi connectivity index (χ1n) is 8.26. The van der Waals surface area contributed by atoms with Gasteiger partial charge in [0.2, 0.25) is 5.95 Å². The zero-order valence-corrected chi connectivity index (χ0v) is 15.4. The molecule has 2 N–H and O–H groups in total. The second-order valence-electron chi connectivity index (χ2n) is 6.17. The number of anilines is 1. The Labute approximate surface area is 159 Å². The van der Waals surface area contributed by atoms with E-state index in [-0.39, 0.29) is 11.6 Å². The van der Waals surface area contributed by atoms with Crippen molar-refractivity contribution in [3.8, 4) is 11.4 Å². The number of nitrogens with zero attached hydrogens (tertiary/aromatic N) is 5. The lowest BCUT2D eigenvalue weighted by Gasteiger charge is -2.14. The Kier molecular flexibility index (Phi) is 4.33. The molecule has 4 rings (SSSR count). The zero-order valence-electron chi connectivity index (χ0n) is 14.6. The molecule has 0 saturated heterocycles. The maximum absolute atomic E-state index is 12.4. The SMILES string of the molecule is C[C@H](Nc1nccc(-c2cncn2C)n1)c1cc2cc(Cl)cnc2[nH]c1=O. The van der Waals surface area contributed by atoms with Crippen LogP contribution in [-0.4, -0.2) is 29.5 Å². The van der Waals surface area contributed by atoms with Crippen LogP contribution in [0.15, 0.2) is 47.9 Å². The monoisotopic (exact) mass is 381 g/mol. The number of nitrogens with one attached hydrogen (secondary N) is 2. The number of aryl methyl sites for hydroxylation is 1. The minimum absolute atomic E-state index is 0.222. The predicted octanol–water partition coefficient (Wildman–Crippen LogP) is 2.94. The highest BCUT2D eigenvalue weighted by atomic mass is 35.5. The van der Waals surface area contributed by atoms with Crippen molar-refractivity contribution >= 4 is 28.6 Å². The van der Waals surface area contributed by atoms with Crippen LogP contribution < -0.4 is 10.9 Å². The third kappa shape index (κ3) is 3.39. The molecular weight excluding hydrogens is 366 g/mol. The zero-order chi connectivity index (χ0) is 19.0. The van der Waals surface area contributed by atoms with Gasteiger partial charge in [-0.3, -0.25) is 4.79 Å². The van der Waals surface area contributed by atoms with E-state index < -0.39 is 0 Å². The molecule has 0 spiro atoms. The average Bonchev–Trinajstić information content (AvgIpc) is 3.07. The number of aromatic nitrogens is 6. The normalized spacial score (nSPS) is 12.3. The lowest BCUT2D eigenvalue weighted by atomic mass is 10.1. The Morgan fingerprint density at radius 3 is 2.89 bits per heavy atom. The van der Waals surface area contributed by atoms with Crippen molar-refractivity contribution in [2.75, 3.05) is 5.32 Å². The van der Waals surface area contributed by atoms with Gasteiger partial charge in [0.25, 0.3) is 5.56 Å². The Morgan fingerprint density at radius 2 is 2.11 bits per heavy atom. The molecule has 0 aliphatic heterocycles. The first-order chi connectivity index (χ1) is 13.0. The molecule has 0 aliphatic rings. The second-order valence-corrected chi connectivity index (χ2v) is 6.60. The number of imidazole rings is 1. The Hall–Kier alpha value is -3.26. The van der Waals surface area contributed by atoms with Crippen LogP contribution in [0.1, 0.15) is 18.5 Å². The molecule has 0 unspecified atom stereocenters. The van der Waals surface area contributed by atoms with E-state index in [4.69, 9.17) is 11.6 Å². The lowest BCUT2D eigenvalue weighted by molar-refractivity contribution is 0.843. The summed E-state index contributed by atoms with van der Waals surface area (Å²) in [7, 11) is 1.90. The number of halogens is 1. The lowest BCUT2D eigenvalue weighted by Crippen LogP contribution is -2.20. The summed E-state index contributed by atoms with van der Waals surface area (Å²) in [5, 5.41) is 4.44. The maximum atomic E-state index is 12.4. The predicted molar refractivity (Wildman–Crippen MR) is 104 cm³/mol. The van der Waals surface area contributed by atoms with Crippen LogP contribution in [0.25, 0.3) is 22.4 Å². The van der Waals surface area contributed by atoms with E-state index in [1.807, 2.05) is 24.6 Å². The smallest absolute Gasteiger partial charge is 0.254 e. The summed E-state index contributed by atoms with van der Waals surface area (Å²) < 4.78 is 1.88. The van der Waals surface area contributed by atoms with Crippen molar-refractivity contribution in [1.29, 1.82) is 0 Å². The van der Waals surface area contributed by atoms with Crippen molar-refractivity contribution in [2.45, 2.75) is 13.0 Å². The van der Waals surface area contributed by atoms with Crippen molar-refractivity contribution in [3.63, 3.8) is 0 Å². The molecule has 0 aromatic carbocycles. The first kappa shape index (κ1) is 17.2. The van der Waals surface area contributed by atoms with Gasteiger partial charge in [0.15, 0.2) is 0 Å². The van der Waals surface area contributed by atoms with Crippen LogP contribution in [0, 0.1) is 0 Å². The highest BCUT2D eigenvalue weighted by Crippen LogP contribution is 2.21. The molecule has 4 aromatic heterocycles. The molecular formula is C18H16ClN7O. The molecule has 0 aliphatic carbocycles. The van der Waals surface area contributed by atoms with E-state index in [0.717, 1.165) is 16.8 Å². The number of pyridine rings is 2. The van der Waals surface area contributed by atoms with E-state index in [1.165, 1.54) is 6.20 Å². The minimum atomic E-state index is -0.320. The summed E-state index contributed by atoms with van der Waals surface area (Å²) in [6.07, 6.45) is 6.61. The number of fused-ring (bicyclic) bond motifs is 1. The highest BCUT2D eigenvalue weighted by molar-refractivity contribution is 6.31. The number of rotatable bonds is 4. The molecule has 0 amide bonds. The van der Waals surface area contributed by atoms with Gasteiger partial charge < -0.3 is 14.9 Å². The maximum Gasteiger partial charge on any atom is 0.254 e. The summed E-state index contributed by atoms with van der Waals surface area (Å²) in [6.45, 7) is 1.87. The number of H-pyrrole nitrogens is 1. The van der Waals surface area contributed by atoms with Gasteiger partial charge in [0, 0.05) is 30.4 Å². The van der Waals surface area contributed by atoms with Gasteiger partial charge in [-0.05, 0) is 25.1 Å². The average molecular weight is 382 g/mol. The van der Waals surface area contributed by atoms with Gasteiger partial charge in [-0.25, -0.2) is 19.9 Å². The van der Waals surface area contributed by atoms with Crippen LogP contribution in [0.4, 0.5) is 5.95 Å². The minimum Gasteiger partial charge on any atom is -0.347 e. The Bertz CT molecular complexity index is 1180. The molecule has 9 heteroatoms. The van der Waals surface area contributed by atoms with Gasteiger partial charge >= 0.3 is 0 Å². The van der Waals surface area contributed by atoms with Gasteiger partial charge in [0.1, 0.15) is 5.65 Å². The van der Waals surface area contributed by atoms with Crippen LogP contribution >= 0.6 is 11.6 Å². The van der Waals surface area contributed by atoms with E-state index in [9.17, 15) is 4.79 Å². The van der Waals surface area contributed by atoms with Crippen LogP contribution in [0.3, 0.4) is 0 Å². The topological polar surface area (TPSA) is 101 Å². The largest absolute Gasteiger partial charge is 0.347 e. The van der Waals surface area contributed by atoms with Gasteiger partial charge in [-0.1, -0.05) is 11.6 Å². The van der Waals surface area contributed by atoms with Crippen molar-refractivity contribution in [3.05, 3.63) is 64.1 Å². The summed E-state index contributed by atoms with van der Waals surface area (Å²) in [5.74, 6) is 0.421. The number of hydrogen-bond donors (Lipinski definition) is 2. The summed E-state index contributed by atoms with van der Waals surface area (Å²) in [5.41, 5.74) is 2.43. The molecule has 4 heterocycles. The van der Waals surface area contributed by atoms with E-state index in [0.29, 0.717) is 22.2 Å². The molecule has 0 saturated carbocycles. The van der Waals surface area contributed by atoms with Gasteiger partial charge in [-0.2, -0.15) is 0 Å². The fraction of sp³-hybridized carbons (Fsp3) is 0.167. The Balaban J connectivity index is 1.65. The summed E-state index contributed by atoms with van der Waals surface area (Å²) >= 11 is 6.00. The van der Waals surface area contributed by atoms with Crippen LogP contribution in [0.2, 0.25) is 5.02 Å². The van der Waals surface area contributed by atoms with Gasteiger partial charge in [-0.15, -0.1) is 0 Å².